The largest absolute Gasteiger partial charge is 0.464 e. The van der Waals surface area contributed by atoms with Crippen LogP contribution in [-0.2, 0) is 20.7 Å². The van der Waals surface area contributed by atoms with Crippen molar-refractivity contribution >= 4 is 17.6 Å². The number of rotatable bonds is 2. The molecule has 1 aliphatic rings. The van der Waals surface area contributed by atoms with E-state index in [0.717, 1.165) is 5.56 Å². The number of carbonyl (C=O) groups excluding carboxylic acids is 1. The summed E-state index contributed by atoms with van der Waals surface area (Å²) in [7, 11) is 0. The average Bonchev–Trinajstić information content (AvgIpc) is 2.28. The van der Waals surface area contributed by atoms with Gasteiger partial charge in [0.25, 0.3) is 0 Å². The Bertz CT molecular complexity index is 448. The highest BCUT2D eigenvalue weighted by Gasteiger charge is 2.30. The van der Waals surface area contributed by atoms with Gasteiger partial charge in [0.15, 0.2) is 6.10 Å². The highest BCUT2D eigenvalue weighted by molar-refractivity contribution is 6.31. The average molecular weight is 259 g/mol. The normalized spacial score (nSPS) is 18.6. The van der Waals surface area contributed by atoms with E-state index in [2.05, 4.69) is 0 Å². The van der Waals surface area contributed by atoms with Gasteiger partial charge in [-0.3, -0.25) is 0 Å². The first-order chi connectivity index (χ1) is 8.13. The maximum atomic E-state index is 13.3. The molecule has 1 unspecified atom stereocenters. The van der Waals surface area contributed by atoms with Gasteiger partial charge >= 0.3 is 5.97 Å². The van der Waals surface area contributed by atoms with E-state index in [0.29, 0.717) is 23.6 Å². The van der Waals surface area contributed by atoms with Crippen LogP contribution >= 0.6 is 11.6 Å². The topological polar surface area (TPSA) is 35.5 Å². The number of hydrogen-bond acceptors (Lipinski definition) is 3. The third-order valence-corrected chi connectivity index (χ3v) is 2.95. The molecule has 0 saturated carbocycles. The van der Waals surface area contributed by atoms with Crippen LogP contribution in [0.15, 0.2) is 12.1 Å². The van der Waals surface area contributed by atoms with Gasteiger partial charge in [0.05, 0.1) is 13.2 Å². The molecule has 0 amide bonds. The minimum Gasteiger partial charge on any atom is -0.464 e. The van der Waals surface area contributed by atoms with E-state index < -0.39 is 17.9 Å². The lowest BCUT2D eigenvalue weighted by molar-refractivity contribution is -0.158. The smallest absolute Gasteiger partial charge is 0.339 e. The molecule has 3 nitrogen and oxygen atoms in total. The van der Waals surface area contributed by atoms with E-state index in [-0.39, 0.29) is 6.61 Å². The molecule has 1 aromatic rings. The molecule has 0 N–H and O–H groups in total. The Balaban J connectivity index is 2.40. The Hall–Kier alpha value is -1.13. The van der Waals surface area contributed by atoms with Gasteiger partial charge in [-0.1, -0.05) is 11.6 Å². The summed E-state index contributed by atoms with van der Waals surface area (Å²) in [6, 6.07) is 2.52. The number of hydrogen-bond donors (Lipinski definition) is 0. The molecule has 0 aromatic heterocycles. The molecule has 92 valence electrons. The van der Waals surface area contributed by atoms with Crippen LogP contribution in [-0.4, -0.2) is 19.2 Å². The molecule has 0 radical (unpaired) electrons. The van der Waals surface area contributed by atoms with E-state index >= 15 is 0 Å². The van der Waals surface area contributed by atoms with Gasteiger partial charge in [-0.05, 0) is 36.6 Å². The van der Waals surface area contributed by atoms with E-state index in [1.807, 2.05) is 0 Å². The van der Waals surface area contributed by atoms with Gasteiger partial charge in [-0.15, -0.1) is 0 Å². The van der Waals surface area contributed by atoms with Crippen LogP contribution in [0.3, 0.4) is 0 Å². The molecule has 0 fully saturated rings. The molecule has 1 aliphatic heterocycles. The van der Waals surface area contributed by atoms with Crippen LogP contribution in [0.5, 0.6) is 0 Å². The Labute approximate surface area is 103 Å². The molecule has 1 aromatic carbocycles. The Morgan fingerprint density at radius 2 is 2.41 bits per heavy atom. The van der Waals surface area contributed by atoms with Crippen LogP contribution in [0.2, 0.25) is 5.02 Å². The second kappa shape index (κ2) is 5.02. The third kappa shape index (κ3) is 2.42. The summed E-state index contributed by atoms with van der Waals surface area (Å²) < 4.78 is 23.5. The zero-order chi connectivity index (χ0) is 12.4. The fourth-order valence-electron chi connectivity index (χ4n) is 1.90. The SMILES string of the molecule is CCOC(=O)C1OCCc2c(Cl)cc(F)cc21. The fourth-order valence-corrected chi connectivity index (χ4v) is 2.21. The van der Waals surface area contributed by atoms with Gasteiger partial charge in [-0.2, -0.15) is 0 Å². The zero-order valence-electron chi connectivity index (χ0n) is 9.33. The number of esters is 1. The van der Waals surface area contributed by atoms with Crippen molar-refractivity contribution in [3.8, 4) is 0 Å². The van der Waals surface area contributed by atoms with E-state index in [9.17, 15) is 9.18 Å². The fraction of sp³-hybridized carbons (Fsp3) is 0.417. The van der Waals surface area contributed by atoms with Gasteiger partial charge in [0, 0.05) is 5.02 Å². The lowest BCUT2D eigenvalue weighted by Crippen LogP contribution is -2.25. The van der Waals surface area contributed by atoms with Crippen molar-refractivity contribution in [3.63, 3.8) is 0 Å². The highest BCUT2D eigenvalue weighted by atomic mass is 35.5. The van der Waals surface area contributed by atoms with Crippen molar-refractivity contribution in [2.24, 2.45) is 0 Å². The van der Waals surface area contributed by atoms with Crippen molar-refractivity contribution in [2.75, 3.05) is 13.2 Å². The first-order valence-electron chi connectivity index (χ1n) is 5.39. The predicted molar refractivity (Wildman–Crippen MR) is 60.4 cm³/mol. The number of carbonyl (C=O) groups is 1. The van der Waals surface area contributed by atoms with Crippen molar-refractivity contribution in [3.05, 3.63) is 34.1 Å². The molecular weight excluding hydrogens is 247 g/mol. The third-order valence-electron chi connectivity index (χ3n) is 2.61. The quantitative estimate of drug-likeness (QED) is 0.765. The van der Waals surface area contributed by atoms with Crippen molar-refractivity contribution in [1.82, 2.24) is 0 Å². The summed E-state index contributed by atoms with van der Waals surface area (Å²) >= 11 is 5.95. The highest BCUT2D eigenvalue weighted by Crippen LogP contribution is 2.33. The molecular formula is C12H12ClFO3. The van der Waals surface area contributed by atoms with E-state index in [1.165, 1.54) is 12.1 Å². The Morgan fingerprint density at radius 3 is 3.12 bits per heavy atom. The zero-order valence-corrected chi connectivity index (χ0v) is 10.1. The molecule has 1 atom stereocenters. The van der Waals surface area contributed by atoms with E-state index in [4.69, 9.17) is 21.1 Å². The number of benzene rings is 1. The molecule has 17 heavy (non-hydrogen) atoms. The number of halogens is 2. The van der Waals surface area contributed by atoms with Crippen molar-refractivity contribution in [1.29, 1.82) is 0 Å². The molecule has 0 spiro atoms. The number of fused-ring (bicyclic) bond motifs is 1. The van der Waals surface area contributed by atoms with Gasteiger partial charge in [0.1, 0.15) is 5.82 Å². The molecule has 5 heteroatoms. The first-order valence-corrected chi connectivity index (χ1v) is 5.77. The molecule has 0 saturated heterocycles. The molecule has 1 heterocycles. The summed E-state index contributed by atoms with van der Waals surface area (Å²) in [4.78, 5) is 11.7. The lowest BCUT2D eigenvalue weighted by Gasteiger charge is -2.25. The number of ether oxygens (including phenoxy) is 2. The molecule has 2 rings (SSSR count). The predicted octanol–water partition coefficient (Wildman–Crippen LogP) is 2.66. The maximum absolute atomic E-state index is 13.3. The lowest BCUT2D eigenvalue weighted by atomic mass is 9.97. The summed E-state index contributed by atoms with van der Waals surface area (Å²) in [6.07, 6.45) is -0.295. The second-order valence-corrected chi connectivity index (χ2v) is 4.12. The van der Waals surface area contributed by atoms with Crippen molar-refractivity contribution < 1.29 is 18.7 Å². The van der Waals surface area contributed by atoms with Gasteiger partial charge in [-0.25, -0.2) is 9.18 Å². The Kier molecular flexibility index (Phi) is 3.64. The summed E-state index contributed by atoms with van der Waals surface area (Å²) in [6.45, 7) is 2.35. The van der Waals surface area contributed by atoms with Crippen LogP contribution < -0.4 is 0 Å². The standard InChI is InChI=1S/C12H12ClFO3/c1-2-16-12(15)11-9-5-7(14)6-10(13)8(9)3-4-17-11/h5-6,11H,2-4H2,1H3. The second-order valence-electron chi connectivity index (χ2n) is 3.71. The maximum Gasteiger partial charge on any atom is 0.339 e. The van der Waals surface area contributed by atoms with Crippen LogP contribution in [0, 0.1) is 5.82 Å². The first kappa shape index (κ1) is 12.3. The van der Waals surface area contributed by atoms with Crippen LogP contribution in [0.25, 0.3) is 0 Å². The van der Waals surface area contributed by atoms with Gasteiger partial charge in [0.2, 0.25) is 0 Å². The minimum atomic E-state index is -0.869. The van der Waals surface area contributed by atoms with Crippen molar-refractivity contribution in [2.45, 2.75) is 19.4 Å². The van der Waals surface area contributed by atoms with E-state index in [1.54, 1.807) is 6.92 Å². The summed E-state index contributed by atoms with van der Waals surface area (Å²) in [5.74, 6) is -0.983. The van der Waals surface area contributed by atoms with Crippen LogP contribution in [0.1, 0.15) is 24.2 Å². The monoisotopic (exact) mass is 258 g/mol. The summed E-state index contributed by atoms with van der Waals surface area (Å²) in [5, 5.41) is 0.331. The Morgan fingerprint density at radius 1 is 1.65 bits per heavy atom. The van der Waals surface area contributed by atoms with Gasteiger partial charge < -0.3 is 9.47 Å². The minimum absolute atomic E-state index is 0.261. The molecule has 0 bridgehead atoms. The van der Waals surface area contributed by atoms with Crippen LogP contribution in [0.4, 0.5) is 4.39 Å². The molecule has 0 aliphatic carbocycles. The summed E-state index contributed by atoms with van der Waals surface area (Å²) in [5.41, 5.74) is 1.23.